The lowest BCUT2D eigenvalue weighted by Crippen LogP contribution is -2.52. The highest BCUT2D eigenvalue weighted by atomic mass is 15.3. The molecule has 2 aromatic rings. The first kappa shape index (κ1) is 19.2. The van der Waals surface area contributed by atoms with Crippen molar-refractivity contribution in [2.24, 2.45) is 0 Å². The number of hydrogen-bond acceptors (Lipinski definition) is 6. The number of rotatable bonds is 5. The fourth-order valence-corrected chi connectivity index (χ4v) is 4.18. The quantitative estimate of drug-likeness (QED) is 0.861. The molecule has 0 unspecified atom stereocenters. The molecule has 6 heteroatoms. The molecule has 2 aliphatic rings. The Bertz CT molecular complexity index is 729. The van der Waals surface area contributed by atoms with E-state index in [9.17, 15) is 0 Å². The van der Waals surface area contributed by atoms with Gasteiger partial charge < -0.3 is 15.1 Å². The van der Waals surface area contributed by atoms with Crippen LogP contribution in [-0.4, -0.2) is 72.1 Å². The van der Waals surface area contributed by atoms with E-state index >= 15 is 0 Å². The van der Waals surface area contributed by atoms with Gasteiger partial charge in [0.05, 0.1) is 18.1 Å². The zero-order valence-corrected chi connectivity index (χ0v) is 17.1. The second kappa shape index (κ2) is 8.88. The molecule has 28 heavy (non-hydrogen) atoms. The molecule has 0 spiro atoms. The van der Waals surface area contributed by atoms with Crippen LogP contribution >= 0.6 is 0 Å². The van der Waals surface area contributed by atoms with Gasteiger partial charge in [-0.2, -0.15) is 0 Å². The largest absolute Gasteiger partial charge is 0.371 e. The monoisotopic (exact) mass is 380 g/mol. The first-order chi connectivity index (χ1) is 13.7. The maximum atomic E-state index is 4.42. The van der Waals surface area contributed by atoms with Gasteiger partial charge in [-0.1, -0.05) is 6.92 Å². The van der Waals surface area contributed by atoms with E-state index in [2.05, 4.69) is 68.2 Å². The summed E-state index contributed by atoms with van der Waals surface area (Å²) < 4.78 is 0. The summed E-state index contributed by atoms with van der Waals surface area (Å²) in [4.78, 5) is 16.5. The highest BCUT2D eigenvalue weighted by molar-refractivity contribution is 5.60. The fraction of sp³-hybridized carbons (Fsp3) is 0.545. The molecule has 0 bridgehead atoms. The smallest absolute Gasteiger partial charge is 0.148 e. The van der Waals surface area contributed by atoms with Gasteiger partial charge in [-0.25, -0.2) is 4.98 Å². The van der Waals surface area contributed by atoms with E-state index in [1.807, 2.05) is 6.20 Å². The molecule has 0 amide bonds. The van der Waals surface area contributed by atoms with Crippen molar-refractivity contribution >= 4 is 17.2 Å². The normalized spacial score (nSPS) is 19.7. The second-order valence-corrected chi connectivity index (χ2v) is 7.98. The number of piperazine rings is 1. The van der Waals surface area contributed by atoms with Gasteiger partial charge in [-0.15, -0.1) is 0 Å². The van der Waals surface area contributed by atoms with Crippen molar-refractivity contribution in [1.82, 2.24) is 19.8 Å². The predicted molar refractivity (Wildman–Crippen MR) is 115 cm³/mol. The van der Waals surface area contributed by atoms with E-state index in [1.54, 1.807) is 6.20 Å². The molecule has 2 fully saturated rings. The third-order valence-electron chi connectivity index (χ3n) is 6.09. The van der Waals surface area contributed by atoms with Crippen LogP contribution in [0.2, 0.25) is 0 Å². The van der Waals surface area contributed by atoms with Gasteiger partial charge >= 0.3 is 0 Å². The van der Waals surface area contributed by atoms with Crippen molar-refractivity contribution in [3.8, 4) is 0 Å². The van der Waals surface area contributed by atoms with Crippen molar-refractivity contribution in [1.29, 1.82) is 0 Å². The molecule has 4 rings (SSSR count). The number of piperidine rings is 1. The van der Waals surface area contributed by atoms with Gasteiger partial charge in [0, 0.05) is 56.7 Å². The highest BCUT2D eigenvalue weighted by Crippen LogP contribution is 2.25. The number of benzene rings is 1. The van der Waals surface area contributed by atoms with Gasteiger partial charge in [0.15, 0.2) is 0 Å². The summed E-state index contributed by atoms with van der Waals surface area (Å²) in [5.74, 6) is 0.790. The van der Waals surface area contributed by atoms with Crippen LogP contribution in [-0.2, 0) is 6.42 Å². The summed E-state index contributed by atoms with van der Waals surface area (Å²) in [6.07, 6.45) is 7.08. The van der Waals surface area contributed by atoms with E-state index < -0.39 is 0 Å². The fourth-order valence-electron chi connectivity index (χ4n) is 4.18. The predicted octanol–water partition coefficient (Wildman–Crippen LogP) is 3.00. The van der Waals surface area contributed by atoms with E-state index in [0.717, 1.165) is 42.8 Å². The number of likely N-dealkylation sites (N-methyl/N-ethyl adjacent to an activating group) is 1. The van der Waals surface area contributed by atoms with E-state index in [4.69, 9.17) is 0 Å². The van der Waals surface area contributed by atoms with Crippen LogP contribution < -0.4 is 10.2 Å². The van der Waals surface area contributed by atoms with Crippen LogP contribution in [0.15, 0.2) is 36.7 Å². The number of aromatic nitrogens is 2. The van der Waals surface area contributed by atoms with Crippen LogP contribution in [0.4, 0.5) is 17.2 Å². The minimum Gasteiger partial charge on any atom is -0.371 e. The summed E-state index contributed by atoms with van der Waals surface area (Å²) in [6, 6.07) is 9.46. The Morgan fingerprint density at radius 1 is 0.929 bits per heavy atom. The molecule has 1 aromatic carbocycles. The highest BCUT2D eigenvalue weighted by Gasteiger charge is 2.26. The number of aryl methyl sites for hydroxylation is 1. The molecule has 0 saturated carbocycles. The van der Waals surface area contributed by atoms with Crippen molar-refractivity contribution in [2.75, 3.05) is 56.5 Å². The van der Waals surface area contributed by atoms with Gasteiger partial charge in [-0.3, -0.25) is 9.88 Å². The summed E-state index contributed by atoms with van der Waals surface area (Å²) in [5, 5.41) is 3.34. The summed E-state index contributed by atoms with van der Waals surface area (Å²) >= 11 is 0. The standard InChI is InChI=1S/C22H32N6/c1-3-18-16-24-22(17-23-18)25-19-4-6-20(7-5-19)27-10-8-21(9-11-27)28-14-12-26(2)13-15-28/h4-7,16-17,21H,3,8-15H2,1-2H3,(H,24,25). The zero-order chi connectivity index (χ0) is 19.3. The van der Waals surface area contributed by atoms with Crippen LogP contribution in [0.3, 0.4) is 0 Å². The van der Waals surface area contributed by atoms with Gasteiger partial charge in [0.25, 0.3) is 0 Å². The van der Waals surface area contributed by atoms with Crippen LogP contribution in [0, 0.1) is 0 Å². The van der Waals surface area contributed by atoms with E-state index in [0.29, 0.717) is 0 Å². The third kappa shape index (κ3) is 4.62. The van der Waals surface area contributed by atoms with Gasteiger partial charge in [-0.05, 0) is 50.6 Å². The minimum atomic E-state index is 0.760. The summed E-state index contributed by atoms with van der Waals surface area (Å²) in [7, 11) is 2.23. The maximum Gasteiger partial charge on any atom is 0.148 e. The summed E-state index contributed by atoms with van der Waals surface area (Å²) in [5.41, 5.74) is 3.38. The zero-order valence-electron chi connectivity index (χ0n) is 17.1. The lowest BCUT2D eigenvalue weighted by molar-refractivity contribution is 0.0982. The van der Waals surface area contributed by atoms with Crippen LogP contribution in [0.5, 0.6) is 0 Å². The second-order valence-electron chi connectivity index (χ2n) is 7.98. The van der Waals surface area contributed by atoms with Crippen LogP contribution in [0.1, 0.15) is 25.5 Å². The SMILES string of the molecule is CCc1cnc(Nc2ccc(N3CCC(N4CCN(C)CC4)CC3)cc2)cn1. The third-order valence-corrected chi connectivity index (χ3v) is 6.09. The molecule has 0 atom stereocenters. The molecule has 2 aliphatic heterocycles. The summed E-state index contributed by atoms with van der Waals surface area (Å²) in [6.45, 7) is 9.25. The van der Waals surface area contributed by atoms with E-state index in [-0.39, 0.29) is 0 Å². The first-order valence-electron chi connectivity index (χ1n) is 10.6. The van der Waals surface area contributed by atoms with Crippen molar-refractivity contribution in [3.63, 3.8) is 0 Å². The van der Waals surface area contributed by atoms with Crippen molar-refractivity contribution < 1.29 is 0 Å². The molecule has 0 radical (unpaired) electrons. The molecular formula is C22H32N6. The molecule has 150 valence electrons. The molecule has 0 aliphatic carbocycles. The average Bonchev–Trinajstić information content (AvgIpc) is 2.76. The Hall–Kier alpha value is -2.18. The molecule has 2 saturated heterocycles. The van der Waals surface area contributed by atoms with Gasteiger partial charge in [0.1, 0.15) is 5.82 Å². The first-order valence-corrected chi connectivity index (χ1v) is 10.6. The Balaban J connectivity index is 1.29. The number of nitrogens with zero attached hydrogens (tertiary/aromatic N) is 5. The Morgan fingerprint density at radius 3 is 2.25 bits per heavy atom. The Labute approximate surface area is 168 Å². The average molecular weight is 381 g/mol. The number of anilines is 3. The van der Waals surface area contributed by atoms with E-state index in [1.165, 1.54) is 44.7 Å². The topological polar surface area (TPSA) is 47.5 Å². The Morgan fingerprint density at radius 2 is 1.64 bits per heavy atom. The minimum absolute atomic E-state index is 0.760. The maximum absolute atomic E-state index is 4.42. The molecular weight excluding hydrogens is 348 g/mol. The van der Waals surface area contributed by atoms with Crippen molar-refractivity contribution in [2.45, 2.75) is 32.2 Å². The lowest BCUT2D eigenvalue weighted by Gasteiger charge is -2.42. The molecule has 1 aromatic heterocycles. The number of nitrogens with one attached hydrogen (secondary N) is 1. The molecule has 3 heterocycles. The van der Waals surface area contributed by atoms with Crippen molar-refractivity contribution in [3.05, 3.63) is 42.4 Å². The lowest BCUT2D eigenvalue weighted by atomic mass is 10.0. The Kier molecular flexibility index (Phi) is 6.07. The molecule has 1 N–H and O–H groups in total. The van der Waals surface area contributed by atoms with Crippen LogP contribution in [0.25, 0.3) is 0 Å². The van der Waals surface area contributed by atoms with Gasteiger partial charge in [0.2, 0.25) is 0 Å². The number of hydrogen-bond donors (Lipinski definition) is 1. The molecule has 6 nitrogen and oxygen atoms in total.